The first-order valence-electron chi connectivity index (χ1n) is 5.91. The van der Waals surface area contributed by atoms with Crippen LogP contribution in [0.3, 0.4) is 0 Å². The molecule has 18 heavy (non-hydrogen) atoms. The Morgan fingerprint density at radius 1 is 1.22 bits per heavy atom. The molecule has 0 unspecified atom stereocenters. The van der Waals surface area contributed by atoms with Crippen molar-refractivity contribution >= 4 is 11.2 Å². The summed E-state index contributed by atoms with van der Waals surface area (Å²) in [6.07, 6.45) is 2.65. The summed E-state index contributed by atoms with van der Waals surface area (Å²) in [4.78, 5) is 28.1. The molecule has 0 aliphatic rings. The Hall–Kier alpha value is -2.05. The molecule has 2 rings (SSSR count). The Bertz CT molecular complexity index is 707. The molecule has 0 aliphatic carbocycles. The molecule has 0 aromatic carbocycles. The van der Waals surface area contributed by atoms with Gasteiger partial charge in [-0.3, -0.25) is 13.9 Å². The minimum Gasteiger partial charge on any atom is -0.337 e. The highest BCUT2D eigenvalue weighted by Gasteiger charge is 2.16. The van der Waals surface area contributed by atoms with Crippen LogP contribution in [-0.4, -0.2) is 18.8 Å². The van der Waals surface area contributed by atoms with Gasteiger partial charge in [-0.15, -0.1) is 0 Å². The highest BCUT2D eigenvalue weighted by atomic mass is 16.2. The lowest BCUT2D eigenvalue weighted by atomic mass is 10.2. The number of aryl methyl sites for hydroxylation is 2. The van der Waals surface area contributed by atoms with Gasteiger partial charge in [-0.05, 0) is 6.42 Å². The van der Waals surface area contributed by atoms with Crippen molar-refractivity contribution in [3.8, 4) is 0 Å². The molecule has 0 atom stereocenters. The third kappa shape index (κ3) is 1.62. The van der Waals surface area contributed by atoms with E-state index in [0.29, 0.717) is 17.9 Å². The monoisotopic (exact) mass is 251 g/mol. The van der Waals surface area contributed by atoms with E-state index in [2.05, 4.69) is 11.9 Å². The van der Waals surface area contributed by atoms with Gasteiger partial charge in [-0.2, -0.15) is 0 Å². The van der Waals surface area contributed by atoms with Gasteiger partial charge in [0, 0.05) is 20.5 Å². The average molecular weight is 251 g/mol. The molecule has 0 spiro atoms. The second-order valence-electron chi connectivity index (χ2n) is 4.38. The van der Waals surface area contributed by atoms with Crippen molar-refractivity contribution in [1.82, 2.24) is 18.8 Å². The van der Waals surface area contributed by atoms with E-state index < -0.39 is 11.2 Å². The first-order chi connectivity index (χ1) is 8.49. The van der Waals surface area contributed by atoms with Gasteiger partial charge in [0.25, 0.3) is 5.56 Å². The number of nitrogens with zero attached hydrogens (tertiary/aromatic N) is 4. The van der Waals surface area contributed by atoms with Gasteiger partial charge < -0.3 is 5.84 Å². The topological polar surface area (TPSA) is 87.8 Å². The molecule has 2 heterocycles. The maximum atomic E-state index is 12.0. The van der Waals surface area contributed by atoms with Crippen LogP contribution >= 0.6 is 0 Å². The van der Waals surface area contributed by atoms with E-state index in [9.17, 15) is 9.59 Å². The summed E-state index contributed by atoms with van der Waals surface area (Å²) in [6, 6.07) is 0. The zero-order valence-corrected chi connectivity index (χ0v) is 10.8. The van der Waals surface area contributed by atoms with Crippen molar-refractivity contribution in [2.45, 2.75) is 26.2 Å². The van der Waals surface area contributed by atoms with Crippen LogP contribution in [0.2, 0.25) is 0 Å². The summed E-state index contributed by atoms with van der Waals surface area (Å²) < 4.78 is 3.68. The Kier molecular flexibility index (Phi) is 2.98. The third-order valence-corrected chi connectivity index (χ3v) is 3.12. The molecular weight excluding hydrogens is 234 g/mol. The lowest BCUT2D eigenvalue weighted by Crippen LogP contribution is -2.38. The van der Waals surface area contributed by atoms with Crippen LogP contribution in [0, 0.1) is 0 Å². The smallest absolute Gasteiger partial charge is 0.332 e. The molecule has 0 saturated heterocycles. The molecule has 0 amide bonds. The Labute approximate surface area is 103 Å². The molecule has 2 N–H and O–H groups in total. The zero-order chi connectivity index (χ0) is 13.4. The Morgan fingerprint density at radius 3 is 2.50 bits per heavy atom. The highest BCUT2D eigenvalue weighted by Crippen LogP contribution is 2.09. The van der Waals surface area contributed by atoms with E-state index in [1.807, 2.05) is 0 Å². The molecule has 2 aromatic heterocycles. The second-order valence-corrected chi connectivity index (χ2v) is 4.38. The number of imidazole rings is 1. The van der Waals surface area contributed by atoms with E-state index in [4.69, 9.17) is 5.84 Å². The summed E-state index contributed by atoms with van der Waals surface area (Å²) in [6.45, 7) is 2.07. The Balaban J connectivity index is 2.80. The van der Waals surface area contributed by atoms with Gasteiger partial charge in [0.2, 0.25) is 0 Å². The molecule has 0 aliphatic heterocycles. The lowest BCUT2D eigenvalue weighted by Gasteiger charge is -2.03. The molecular formula is C11H17N5O2. The van der Waals surface area contributed by atoms with Crippen LogP contribution in [0.4, 0.5) is 0 Å². The number of hydrogen-bond acceptors (Lipinski definition) is 4. The minimum absolute atomic E-state index is 0.269. The first-order valence-corrected chi connectivity index (χ1v) is 5.91. The van der Waals surface area contributed by atoms with E-state index in [1.54, 1.807) is 7.05 Å². The SMILES string of the molecule is CCCCc1nc2c(c(=O)n(C)c(=O)n2C)n1N. The van der Waals surface area contributed by atoms with Gasteiger partial charge in [-0.1, -0.05) is 13.3 Å². The first kappa shape index (κ1) is 12.4. The van der Waals surface area contributed by atoms with Gasteiger partial charge in [-0.25, -0.2) is 14.5 Å². The number of unbranched alkanes of at least 4 members (excludes halogenated alkanes) is 1. The summed E-state index contributed by atoms with van der Waals surface area (Å²) in [5, 5.41) is 0. The zero-order valence-electron chi connectivity index (χ0n) is 10.8. The predicted molar refractivity (Wildman–Crippen MR) is 69.0 cm³/mol. The number of aromatic nitrogens is 4. The number of nitrogens with two attached hydrogens (primary N) is 1. The molecule has 0 bridgehead atoms. The molecule has 0 radical (unpaired) electrons. The minimum atomic E-state index is -0.411. The fourth-order valence-corrected chi connectivity index (χ4v) is 1.97. The van der Waals surface area contributed by atoms with Crippen molar-refractivity contribution in [2.75, 3.05) is 5.84 Å². The summed E-state index contributed by atoms with van der Waals surface area (Å²) in [5.74, 6) is 6.52. The third-order valence-electron chi connectivity index (χ3n) is 3.12. The standard InChI is InChI=1S/C11H17N5O2/c1-4-5-6-7-13-9-8(16(7)12)10(17)15(3)11(18)14(9)2/h4-6,12H2,1-3H3. The van der Waals surface area contributed by atoms with E-state index in [1.165, 1.54) is 16.3 Å². The van der Waals surface area contributed by atoms with Gasteiger partial charge in [0.15, 0.2) is 11.2 Å². The van der Waals surface area contributed by atoms with Crippen LogP contribution in [0.25, 0.3) is 11.2 Å². The van der Waals surface area contributed by atoms with Crippen molar-refractivity contribution in [3.63, 3.8) is 0 Å². The van der Waals surface area contributed by atoms with E-state index in [0.717, 1.165) is 17.4 Å². The molecule has 0 fully saturated rings. The van der Waals surface area contributed by atoms with Crippen LogP contribution in [0.15, 0.2) is 9.59 Å². The number of nitrogen functional groups attached to an aromatic ring is 1. The molecule has 2 aromatic rings. The molecule has 0 saturated carbocycles. The molecule has 7 heteroatoms. The lowest BCUT2D eigenvalue weighted by molar-refractivity contribution is 0.707. The fraction of sp³-hybridized carbons (Fsp3) is 0.545. The fourth-order valence-electron chi connectivity index (χ4n) is 1.97. The average Bonchev–Trinajstić information content (AvgIpc) is 2.69. The predicted octanol–water partition coefficient (Wildman–Crippen LogP) is -0.510. The van der Waals surface area contributed by atoms with Gasteiger partial charge in [0.1, 0.15) is 5.82 Å². The second kappa shape index (κ2) is 4.32. The van der Waals surface area contributed by atoms with Crippen molar-refractivity contribution < 1.29 is 0 Å². The van der Waals surface area contributed by atoms with E-state index >= 15 is 0 Å². The maximum Gasteiger partial charge on any atom is 0.332 e. The van der Waals surface area contributed by atoms with Crippen molar-refractivity contribution in [1.29, 1.82) is 0 Å². The van der Waals surface area contributed by atoms with Crippen LogP contribution in [-0.2, 0) is 20.5 Å². The molecule has 98 valence electrons. The molecule has 7 nitrogen and oxygen atoms in total. The van der Waals surface area contributed by atoms with Crippen LogP contribution < -0.4 is 17.1 Å². The van der Waals surface area contributed by atoms with Crippen molar-refractivity contribution in [2.24, 2.45) is 14.1 Å². The summed E-state index contributed by atoms with van der Waals surface area (Å²) in [5.41, 5.74) is -0.194. The number of rotatable bonds is 3. The van der Waals surface area contributed by atoms with Crippen LogP contribution in [0.5, 0.6) is 0 Å². The summed E-state index contributed by atoms with van der Waals surface area (Å²) in [7, 11) is 3.02. The summed E-state index contributed by atoms with van der Waals surface area (Å²) >= 11 is 0. The normalized spacial score (nSPS) is 11.3. The quantitative estimate of drug-likeness (QED) is 0.744. The van der Waals surface area contributed by atoms with Crippen LogP contribution in [0.1, 0.15) is 25.6 Å². The number of hydrogen-bond donors (Lipinski definition) is 1. The van der Waals surface area contributed by atoms with Crippen molar-refractivity contribution in [3.05, 3.63) is 26.7 Å². The maximum absolute atomic E-state index is 12.0. The van der Waals surface area contributed by atoms with Gasteiger partial charge >= 0.3 is 5.69 Å². The van der Waals surface area contributed by atoms with Gasteiger partial charge in [0.05, 0.1) is 0 Å². The highest BCUT2D eigenvalue weighted by molar-refractivity contribution is 5.71. The van der Waals surface area contributed by atoms with E-state index in [-0.39, 0.29) is 5.52 Å². The largest absolute Gasteiger partial charge is 0.337 e. The Morgan fingerprint density at radius 2 is 1.89 bits per heavy atom. The number of fused-ring (bicyclic) bond motifs is 1.